The molecule has 0 aliphatic carbocycles. The number of esters is 1. The highest BCUT2D eigenvalue weighted by molar-refractivity contribution is 9.10. The van der Waals surface area contributed by atoms with Gasteiger partial charge in [-0.05, 0) is 73.1 Å². The Labute approximate surface area is 167 Å². The van der Waals surface area contributed by atoms with Gasteiger partial charge in [-0.15, -0.1) is 0 Å². The molecule has 138 valence electrons. The molecule has 1 aromatic heterocycles. The molecule has 0 amide bonds. The number of aryl methyl sites for hydroxylation is 1. The van der Waals surface area contributed by atoms with Crippen molar-refractivity contribution in [3.8, 4) is 5.69 Å². The second-order valence-corrected chi connectivity index (χ2v) is 7.00. The standard InChI is InChI=1S/C22H21BrN2O2/c1-4-27-22(26)17-8-7-9-19(13-17)25-15(2)12-18(16(25)3)14-24-21-11-6-5-10-20(21)23/h5-14H,4H2,1-3H3. The van der Waals surface area contributed by atoms with E-state index in [0.717, 1.165) is 32.8 Å². The average Bonchev–Trinajstić information content (AvgIpc) is 2.95. The summed E-state index contributed by atoms with van der Waals surface area (Å²) in [6.45, 7) is 6.25. The summed E-state index contributed by atoms with van der Waals surface area (Å²) in [5.41, 5.74) is 5.52. The number of aromatic nitrogens is 1. The Morgan fingerprint density at radius 2 is 1.93 bits per heavy atom. The third kappa shape index (κ3) is 4.19. The van der Waals surface area contributed by atoms with Crippen LogP contribution in [0.25, 0.3) is 5.69 Å². The van der Waals surface area contributed by atoms with Gasteiger partial charge in [0.2, 0.25) is 0 Å². The molecule has 1 heterocycles. The maximum atomic E-state index is 12.0. The van der Waals surface area contributed by atoms with Crippen LogP contribution in [0.4, 0.5) is 5.69 Å². The molecule has 0 bridgehead atoms. The first-order valence-electron chi connectivity index (χ1n) is 8.76. The fraction of sp³-hybridized carbons (Fsp3) is 0.182. The minimum absolute atomic E-state index is 0.308. The predicted molar refractivity (Wildman–Crippen MR) is 113 cm³/mol. The van der Waals surface area contributed by atoms with E-state index < -0.39 is 0 Å². The number of aliphatic imine (C=N–C) groups is 1. The quantitative estimate of drug-likeness (QED) is 0.384. The molecule has 5 heteroatoms. The van der Waals surface area contributed by atoms with Crippen LogP contribution in [0, 0.1) is 13.8 Å². The number of nitrogens with zero attached hydrogens (tertiary/aromatic N) is 2. The second kappa shape index (κ2) is 8.35. The maximum absolute atomic E-state index is 12.0. The van der Waals surface area contributed by atoms with Gasteiger partial charge in [-0.3, -0.25) is 4.99 Å². The first kappa shape index (κ1) is 19.1. The van der Waals surface area contributed by atoms with Gasteiger partial charge >= 0.3 is 5.97 Å². The first-order chi connectivity index (χ1) is 13.0. The molecular weight excluding hydrogens is 404 g/mol. The highest BCUT2D eigenvalue weighted by Gasteiger charge is 2.12. The molecule has 4 nitrogen and oxygen atoms in total. The third-order valence-electron chi connectivity index (χ3n) is 4.28. The fourth-order valence-corrected chi connectivity index (χ4v) is 3.38. The van der Waals surface area contributed by atoms with Gasteiger partial charge in [0.05, 0.1) is 17.9 Å². The highest BCUT2D eigenvalue weighted by atomic mass is 79.9. The van der Waals surface area contributed by atoms with Crippen LogP contribution < -0.4 is 0 Å². The number of benzene rings is 2. The van der Waals surface area contributed by atoms with Crippen molar-refractivity contribution in [2.45, 2.75) is 20.8 Å². The highest BCUT2D eigenvalue weighted by Crippen LogP contribution is 2.25. The zero-order valence-corrected chi connectivity index (χ0v) is 17.2. The number of hydrogen-bond donors (Lipinski definition) is 0. The van der Waals surface area contributed by atoms with Crippen molar-refractivity contribution in [2.24, 2.45) is 4.99 Å². The molecule has 3 aromatic rings. The van der Waals surface area contributed by atoms with Gasteiger partial charge in [0.1, 0.15) is 0 Å². The summed E-state index contributed by atoms with van der Waals surface area (Å²) in [6, 6.07) is 17.4. The van der Waals surface area contributed by atoms with Gasteiger partial charge in [-0.2, -0.15) is 0 Å². The minimum atomic E-state index is -0.308. The molecule has 0 unspecified atom stereocenters. The summed E-state index contributed by atoms with van der Waals surface area (Å²) in [5.74, 6) is -0.308. The Hall–Kier alpha value is -2.66. The topological polar surface area (TPSA) is 43.6 Å². The molecule has 27 heavy (non-hydrogen) atoms. The molecule has 2 aromatic carbocycles. The first-order valence-corrected chi connectivity index (χ1v) is 9.55. The van der Waals surface area contributed by atoms with Gasteiger partial charge in [0, 0.05) is 33.3 Å². The average molecular weight is 425 g/mol. The number of carbonyl (C=O) groups excluding carboxylic acids is 1. The van der Waals surface area contributed by atoms with Crippen molar-refractivity contribution in [1.82, 2.24) is 4.57 Å². The molecule has 0 N–H and O–H groups in total. The number of ether oxygens (including phenoxy) is 1. The number of hydrogen-bond acceptors (Lipinski definition) is 3. The Kier molecular flexibility index (Phi) is 5.91. The minimum Gasteiger partial charge on any atom is -0.462 e. The van der Waals surface area contributed by atoms with E-state index in [1.54, 1.807) is 13.0 Å². The fourth-order valence-electron chi connectivity index (χ4n) is 3.00. The Balaban J connectivity index is 1.96. The molecule has 0 fully saturated rings. The SMILES string of the molecule is CCOC(=O)c1cccc(-n2c(C)cc(C=Nc3ccccc3Br)c2C)c1. The number of rotatable bonds is 5. The lowest BCUT2D eigenvalue weighted by Gasteiger charge is -2.11. The van der Waals surface area contributed by atoms with Gasteiger partial charge in [-0.25, -0.2) is 4.79 Å². The molecule has 0 radical (unpaired) electrons. The van der Waals surface area contributed by atoms with Crippen LogP contribution in [0.15, 0.2) is 64.1 Å². The molecule has 3 rings (SSSR count). The summed E-state index contributed by atoms with van der Waals surface area (Å²) in [5, 5.41) is 0. The summed E-state index contributed by atoms with van der Waals surface area (Å²) in [6.07, 6.45) is 1.87. The van der Waals surface area contributed by atoms with Crippen LogP contribution in [0.2, 0.25) is 0 Å². The maximum Gasteiger partial charge on any atom is 0.338 e. The van der Waals surface area contributed by atoms with Crippen LogP contribution in [0.5, 0.6) is 0 Å². The van der Waals surface area contributed by atoms with Crippen molar-refractivity contribution in [3.63, 3.8) is 0 Å². The summed E-state index contributed by atoms with van der Waals surface area (Å²) < 4.78 is 8.18. The lowest BCUT2D eigenvalue weighted by Crippen LogP contribution is -2.06. The monoisotopic (exact) mass is 424 g/mol. The largest absolute Gasteiger partial charge is 0.462 e. The van der Waals surface area contributed by atoms with Crippen molar-refractivity contribution in [3.05, 3.63) is 81.6 Å². The molecule has 0 atom stereocenters. The molecular formula is C22H21BrN2O2. The summed E-state index contributed by atoms with van der Waals surface area (Å²) >= 11 is 3.52. The van der Waals surface area contributed by atoms with Gasteiger partial charge in [-0.1, -0.05) is 18.2 Å². The van der Waals surface area contributed by atoms with E-state index in [-0.39, 0.29) is 5.97 Å². The van der Waals surface area contributed by atoms with E-state index in [1.807, 2.05) is 62.5 Å². The summed E-state index contributed by atoms with van der Waals surface area (Å²) in [4.78, 5) is 16.6. The van der Waals surface area contributed by atoms with Crippen molar-refractivity contribution < 1.29 is 9.53 Å². The van der Waals surface area contributed by atoms with Gasteiger partial charge in [0.15, 0.2) is 0 Å². The van der Waals surface area contributed by atoms with Crippen LogP contribution in [0.3, 0.4) is 0 Å². The Bertz CT molecular complexity index is 1010. The van der Waals surface area contributed by atoms with E-state index >= 15 is 0 Å². The molecule has 0 saturated carbocycles. The second-order valence-electron chi connectivity index (χ2n) is 6.14. The van der Waals surface area contributed by atoms with Crippen molar-refractivity contribution >= 4 is 33.8 Å². The van der Waals surface area contributed by atoms with Crippen molar-refractivity contribution in [2.75, 3.05) is 6.61 Å². The van der Waals surface area contributed by atoms with Gasteiger partial charge < -0.3 is 9.30 Å². The number of carbonyl (C=O) groups is 1. The summed E-state index contributed by atoms with van der Waals surface area (Å²) in [7, 11) is 0. The van der Waals surface area contributed by atoms with Crippen LogP contribution >= 0.6 is 15.9 Å². The van der Waals surface area contributed by atoms with Gasteiger partial charge in [0.25, 0.3) is 0 Å². The lowest BCUT2D eigenvalue weighted by molar-refractivity contribution is 0.0526. The van der Waals surface area contributed by atoms with E-state index in [9.17, 15) is 4.79 Å². The van der Waals surface area contributed by atoms with E-state index in [0.29, 0.717) is 12.2 Å². The Morgan fingerprint density at radius 3 is 2.67 bits per heavy atom. The van der Waals surface area contributed by atoms with E-state index in [1.165, 1.54) is 0 Å². The van der Waals surface area contributed by atoms with E-state index in [2.05, 4.69) is 31.6 Å². The Morgan fingerprint density at radius 1 is 1.15 bits per heavy atom. The predicted octanol–water partition coefficient (Wildman–Crippen LogP) is 5.78. The third-order valence-corrected chi connectivity index (χ3v) is 4.95. The normalized spacial score (nSPS) is 11.1. The van der Waals surface area contributed by atoms with Crippen LogP contribution in [0.1, 0.15) is 34.2 Å². The van der Waals surface area contributed by atoms with E-state index in [4.69, 9.17) is 4.74 Å². The molecule has 0 spiro atoms. The number of para-hydroxylation sites is 1. The smallest absolute Gasteiger partial charge is 0.338 e. The van der Waals surface area contributed by atoms with Crippen LogP contribution in [-0.2, 0) is 4.74 Å². The zero-order chi connectivity index (χ0) is 19.4. The van der Waals surface area contributed by atoms with Crippen molar-refractivity contribution in [1.29, 1.82) is 0 Å². The molecule has 0 aliphatic rings. The number of halogens is 1. The lowest BCUT2D eigenvalue weighted by atomic mass is 10.2. The van der Waals surface area contributed by atoms with Crippen LogP contribution in [-0.4, -0.2) is 23.4 Å². The molecule has 0 aliphatic heterocycles. The molecule has 0 saturated heterocycles. The zero-order valence-electron chi connectivity index (χ0n) is 15.6.